The van der Waals surface area contributed by atoms with Crippen molar-refractivity contribution in [3.05, 3.63) is 72.1 Å². The molecule has 2 aromatic carbocycles. The van der Waals surface area contributed by atoms with Crippen LogP contribution in [-0.2, 0) is 42.7 Å². The number of benzene rings is 2. The highest BCUT2D eigenvalue weighted by molar-refractivity contribution is 6.02. The molecule has 4 aromatic rings. The highest BCUT2D eigenvalue weighted by atomic mass is 16.5. The zero-order valence-corrected chi connectivity index (χ0v) is 38.6. The number of carbonyl (C=O) groups is 6. The second-order valence-corrected chi connectivity index (χ2v) is 19.5. The summed E-state index contributed by atoms with van der Waals surface area (Å²) in [6, 6.07) is 19.0. The van der Waals surface area contributed by atoms with Gasteiger partial charge in [0.2, 0.25) is 23.6 Å². The molecule has 10 rings (SSSR count). The largest absolute Gasteiger partial charge is 0.457 e. The molecule has 6 aliphatic carbocycles. The van der Waals surface area contributed by atoms with Crippen molar-refractivity contribution in [1.82, 2.24) is 34.9 Å². The minimum atomic E-state index is -0.968. The van der Waals surface area contributed by atoms with Crippen molar-refractivity contribution < 1.29 is 38.2 Å². The monoisotopic (exact) mass is 891 g/mol. The number of amides is 4. The summed E-state index contributed by atoms with van der Waals surface area (Å²) in [5.74, 6) is -7.78. The first-order valence-corrected chi connectivity index (χ1v) is 23.4. The van der Waals surface area contributed by atoms with Crippen molar-refractivity contribution in [2.24, 2.45) is 61.4 Å². The normalized spacial score (nSPS) is 27.0. The first-order valence-electron chi connectivity index (χ1n) is 23.4. The summed E-state index contributed by atoms with van der Waals surface area (Å²) in [6.07, 6.45) is 3.36. The molecule has 6 aliphatic rings. The quantitative estimate of drug-likeness (QED) is 0.0825. The second kappa shape index (κ2) is 19.5. The van der Waals surface area contributed by atoms with E-state index < -0.39 is 71.5 Å². The Kier molecular flexibility index (Phi) is 13.8. The summed E-state index contributed by atoms with van der Waals surface area (Å²) in [7, 11) is 11.5. The molecule has 4 amide bonds. The van der Waals surface area contributed by atoms with Crippen LogP contribution < -0.4 is 16.0 Å². The molecular formula is C50H65N7O8. The average molecular weight is 892 g/mol. The van der Waals surface area contributed by atoms with Crippen LogP contribution in [0.3, 0.4) is 0 Å². The minimum absolute atomic E-state index is 0.253. The topological polar surface area (TPSA) is 173 Å². The van der Waals surface area contributed by atoms with Gasteiger partial charge in [-0.3, -0.25) is 24.5 Å². The standard InChI is InChI=1S/C50H65N7O8/c1-54(2)23-11-21-51-45(58)41-31-17-19-33(39(27-31)64-49(62)37-25-29-13-7-9-15-35(29)56(37)5)43(41)47(60)53-48(61)44-34-20-18-32(42(44)46(59)52-22-12-24-55(3)4)28-40(34)65-50(63)38-26-30-14-8-10-16-36(30)57(38)6/h7-10,13-16,25-26,31-34,39-44H,11-12,17-24,27-28H2,1-6H3,(H,51,58)(H,52,59)(H,53,60,61). The van der Waals surface area contributed by atoms with Gasteiger partial charge in [-0.25, -0.2) is 9.59 Å². The van der Waals surface area contributed by atoms with Crippen molar-refractivity contribution >= 4 is 57.4 Å². The van der Waals surface area contributed by atoms with Crippen LogP contribution in [0, 0.1) is 47.3 Å². The molecule has 10 atom stereocenters. The van der Waals surface area contributed by atoms with Crippen molar-refractivity contribution in [2.75, 3.05) is 54.4 Å². The molecule has 2 heterocycles. The summed E-state index contributed by atoms with van der Waals surface area (Å²) >= 11 is 0. The van der Waals surface area contributed by atoms with Gasteiger partial charge < -0.3 is 39.0 Å². The van der Waals surface area contributed by atoms with E-state index in [0.29, 0.717) is 63.0 Å². The van der Waals surface area contributed by atoms with E-state index in [9.17, 15) is 28.8 Å². The molecule has 6 saturated carbocycles. The number of rotatable bonds is 16. The third kappa shape index (κ3) is 9.45. The number of imide groups is 1. The van der Waals surface area contributed by atoms with E-state index in [1.165, 1.54) is 0 Å². The third-order valence-electron chi connectivity index (χ3n) is 14.9. The molecule has 15 nitrogen and oxygen atoms in total. The highest BCUT2D eigenvalue weighted by Crippen LogP contribution is 2.52. The van der Waals surface area contributed by atoms with E-state index in [-0.39, 0.29) is 23.7 Å². The van der Waals surface area contributed by atoms with Crippen molar-refractivity contribution in [1.29, 1.82) is 0 Å². The molecule has 0 aliphatic heterocycles. The fourth-order valence-electron chi connectivity index (χ4n) is 11.8. The van der Waals surface area contributed by atoms with Gasteiger partial charge in [0.15, 0.2) is 0 Å². The third-order valence-corrected chi connectivity index (χ3v) is 14.9. The molecular weight excluding hydrogens is 827 g/mol. The van der Waals surface area contributed by atoms with Crippen molar-refractivity contribution in [2.45, 2.75) is 63.6 Å². The van der Waals surface area contributed by atoms with Crippen molar-refractivity contribution in [3.63, 3.8) is 0 Å². The van der Waals surface area contributed by atoms with E-state index in [2.05, 4.69) is 16.0 Å². The number of fused-ring (bicyclic) bond motifs is 8. The molecule has 6 fully saturated rings. The number of para-hydroxylation sites is 2. The molecule has 0 saturated heterocycles. The summed E-state index contributed by atoms with van der Waals surface area (Å²) in [4.78, 5) is 90.0. The van der Waals surface area contributed by atoms with Gasteiger partial charge in [0.25, 0.3) is 0 Å². The number of nitrogens with zero attached hydrogens (tertiary/aromatic N) is 4. The number of nitrogens with one attached hydrogen (secondary N) is 3. The van der Waals surface area contributed by atoms with Gasteiger partial charge in [0, 0.05) is 60.8 Å². The van der Waals surface area contributed by atoms with Gasteiger partial charge in [-0.1, -0.05) is 36.4 Å². The van der Waals surface area contributed by atoms with Crippen LogP contribution in [0.4, 0.5) is 0 Å². The zero-order valence-electron chi connectivity index (χ0n) is 38.6. The van der Waals surface area contributed by atoms with Gasteiger partial charge in [-0.15, -0.1) is 0 Å². The first-order chi connectivity index (χ1) is 31.2. The lowest BCUT2D eigenvalue weighted by Crippen LogP contribution is -2.62. The molecule has 0 spiro atoms. The summed E-state index contributed by atoms with van der Waals surface area (Å²) in [5, 5.41) is 10.7. The van der Waals surface area contributed by atoms with Crippen LogP contribution in [-0.4, -0.2) is 121 Å². The predicted molar refractivity (Wildman–Crippen MR) is 245 cm³/mol. The molecule has 3 N–H and O–H groups in total. The number of aryl methyl sites for hydroxylation is 2. The number of carbonyl (C=O) groups excluding carboxylic acids is 6. The smallest absolute Gasteiger partial charge is 0.355 e. The van der Waals surface area contributed by atoms with E-state index in [4.69, 9.17) is 9.47 Å². The van der Waals surface area contributed by atoms with E-state index >= 15 is 0 Å². The molecule has 348 valence electrons. The highest BCUT2D eigenvalue weighted by Gasteiger charge is 2.58. The maximum absolute atomic E-state index is 14.9. The van der Waals surface area contributed by atoms with Crippen molar-refractivity contribution in [3.8, 4) is 0 Å². The lowest BCUT2D eigenvalue weighted by Gasteiger charge is -2.51. The van der Waals surface area contributed by atoms with Crippen LogP contribution in [0.1, 0.15) is 72.3 Å². The Hall–Kier alpha value is -5.54. The zero-order chi connectivity index (χ0) is 46.1. The summed E-state index contributed by atoms with van der Waals surface area (Å²) in [6.45, 7) is 2.39. The first kappa shape index (κ1) is 46.0. The minimum Gasteiger partial charge on any atom is -0.457 e. The van der Waals surface area contributed by atoms with Crippen LogP contribution in [0.15, 0.2) is 60.7 Å². The Morgan fingerprint density at radius 1 is 0.569 bits per heavy atom. The number of hydrogen-bond donors (Lipinski definition) is 3. The average Bonchev–Trinajstić information content (AvgIpc) is 3.82. The Labute approximate surface area is 380 Å². The fourth-order valence-corrected chi connectivity index (χ4v) is 11.8. The van der Waals surface area contributed by atoms with Gasteiger partial charge in [0.05, 0.1) is 23.7 Å². The molecule has 0 radical (unpaired) electrons. The van der Waals surface area contributed by atoms with Crippen LogP contribution in [0.25, 0.3) is 21.8 Å². The molecule has 4 bridgehead atoms. The molecule has 65 heavy (non-hydrogen) atoms. The van der Waals surface area contributed by atoms with Gasteiger partial charge in [0.1, 0.15) is 23.6 Å². The van der Waals surface area contributed by atoms with Crippen LogP contribution in [0.2, 0.25) is 0 Å². The van der Waals surface area contributed by atoms with Gasteiger partial charge >= 0.3 is 11.9 Å². The number of ether oxygens (including phenoxy) is 2. The number of aromatic nitrogens is 2. The summed E-state index contributed by atoms with van der Waals surface area (Å²) < 4.78 is 16.1. The number of hydrogen-bond acceptors (Lipinski definition) is 10. The Morgan fingerprint density at radius 2 is 0.969 bits per heavy atom. The Morgan fingerprint density at radius 3 is 1.35 bits per heavy atom. The fraction of sp³-hybridized carbons (Fsp3) is 0.560. The predicted octanol–water partition coefficient (Wildman–Crippen LogP) is 4.52. The van der Waals surface area contributed by atoms with Crippen LogP contribution in [0.5, 0.6) is 0 Å². The summed E-state index contributed by atoms with van der Waals surface area (Å²) in [5.41, 5.74) is 2.53. The van der Waals surface area contributed by atoms with E-state index in [0.717, 1.165) is 47.7 Å². The Bertz CT molecular complexity index is 2270. The molecule has 2 aromatic heterocycles. The maximum atomic E-state index is 14.9. The number of esters is 2. The van der Waals surface area contributed by atoms with Gasteiger partial charge in [-0.2, -0.15) is 0 Å². The molecule has 10 unspecified atom stereocenters. The lowest BCUT2D eigenvalue weighted by molar-refractivity contribution is -0.162. The maximum Gasteiger partial charge on any atom is 0.355 e. The Balaban J connectivity index is 1.05. The second-order valence-electron chi connectivity index (χ2n) is 19.5. The van der Waals surface area contributed by atoms with E-state index in [1.807, 2.05) is 101 Å². The van der Waals surface area contributed by atoms with Crippen LogP contribution >= 0.6 is 0 Å². The van der Waals surface area contributed by atoms with E-state index in [1.54, 1.807) is 21.3 Å². The lowest BCUT2D eigenvalue weighted by atomic mass is 9.56. The SMILES string of the molecule is CN(C)CCCNC(=O)C1C2CCC(C(OC(=O)c3cc4ccccc4n3C)C2)C1C(=O)NC(=O)C1C2CCC(CC2OC(=O)c2cc3ccccc3n2C)C1C(=O)NCCCN(C)C. The van der Waals surface area contributed by atoms with Gasteiger partial charge in [-0.05, 0) is 129 Å². The molecule has 15 heteroatoms.